The average molecular weight is 248 g/mol. The Morgan fingerprint density at radius 3 is 2.82 bits per heavy atom. The first-order valence-electron chi connectivity index (χ1n) is 6.38. The highest BCUT2D eigenvalue weighted by molar-refractivity contribution is 7.99. The number of aryl methyl sites for hydroxylation is 2. The summed E-state index contributed by atoms with van der Waals surface area (Å²) in [5, 5.41) is 0. The Kier molecular flexibility index (Phi) is 4.49. The minimum absolute atomic E-state index is 1.01. The Hall–Kier alpha value is -0.960. The Morgan fingerprint density at radius 1 is 1.24 bits per heavy atom. The van der Waals surface area contributed by atoms with Gasteiger partial charge >= 0.3 is 0 Å². The van der Waals surface area contributed by atoms with Crippen molar-refractivity contribution in [2.45, 2.75) is 33.2 Å². The number of fused-ring (bicyclic) bond motifs is 1. The second kappa shape index (κ2) is 6.10. The van der Waals surface area contributed by atoms with E-state index in [1.807, 2.05) is 11.8 Å². The zero-order valence-electron chi connectivity index (χ0n) is 10.6. The lowest BCUT2D eigenvalue weighted by Crippen LogP contribution is -2.04. The fraction of sp³-hybridized carbons (Fsp3) is 0.500. The molecule has 0 fully saturated rings. The van der Waals surface area contributed by atoms with E-state index < -0.39 is 0 Å². The van der Waals surface area contributed by atoms with Gasteiger partial charge in [-0.15, -0.1) is 0 Å². The van der Waals surface area contributed by atoms with Gasteiger partial charge in [-0.2, -0.15) is 11.8 Å². The minimum Gasteiger partial charge on any atom is -0.328 e. The molecule has 1 aromatic heterocycles. The Morgan fingerprint density at radius 2 is 2.06 bits per heavy atom. The van der Waals surface area contributed by atoms with E-state index in [1.54, 1.807) is 0 Å². The summed E-state index contributed by atoms with van der Waals surface area (Å²) < 4.78 is 2.38. The van der Waals surface area contributed by atoms with Crippen LogP contribution in [0.1, 0.15) is 26.1 Å². The first kappa shape index (κ1) is 12.5. The van der Waals surface area contributed by atoms with E-state index in [9.17, 15) is 0 Å². The van der Waals surface area contributed by atoms with Crippen LogP contribution in [-0.2, 0) is 13.0 Å². The maximum Gasteiger partial charge on any atom is 0.109 e. The van der Waals surface area contributed by atoms with Crippen LogP contribution in [0.25, 0.3) is 11.0 Å². The summed E-state index contributed by atoms with van der Waals surface area (Å²) in [5.41, 5.74) is 2.42. The van der Waals surface area contributed by atoms with Crippen molar-refractivity contribution < 1.29 is 0 Å². The van der Waals surface area contributed by atoms with Gasteiger partial charge < -0.3 is 4.57 Å². The summed E-state index contributed by atoms with van der Waals surface area (Å²) in [4.78, 5) is 4.69. The second-order valence-corrected chi connectivity index (χ2v) is 5.47. The summed E-state index contributed by atoms with van der Waals surface area (Å²) in [6, 6.07) is 8.44. The molecule has 1 heterocycles. The van der Waals surface area contributed by atoms with Crippen LogP contribution in [0.4, 0.5) is 0 Å². The molecule has 2 nitrogen and oxygen atoms in total. The molecular weight excluding hydrogens is 228 g/mol. The van der Waals surface area contributed by atoms with Crippen molar-refractivity contribution in [3.63, 3.8) is 0 Å². The standard InChI is InChI=1S/C14H20N2S/c1-3-14-15-12-8-5-6-9-13(12)16(14)10-7-11-17-4-2/h5-6,8-9H,3-4,7,10-11H2,1-2H3. The highest BCUT2D eigenvalue weighted by Crippen LogP contribution is 2.17. The van der Waals surface area contributed by atoms with Gasteiger partial charge in [0.1, 0.15) is 5.82 Å². The highest BCUT2D eigenvalue weighted by atomic mass is 32.2. The van der Waals surface area contributed by atoms with Crippen molar-refractivity contribution in [1.82, 2.24) is 9.55 Å². The second-order valence-electron chi connectivity index (χ2n) is 4.07. The van der Waals surface area contributed by atoms with Crippen molar-refractivity contribution in [2.24, 2.45) is 0 Å². The van der Waals surface area contributed by atoms with Gasteiger partial charge in [0.05, 0.1) is 11.0 Å². The molecule has 0 saturated carbocycles. The fourth-order valence-electron chi connectivity index (χ4n) is 2.11. The van der Waals surface area contributed by atoms with Crippen LogP contribution in [0.2, 0.25) is 0 Å². The Bertz CT molecular complexity index is 476. The van der Waals surface area contributed by atoms with Crippen LogP contribution in [0.15, 0.2) is 24.3 Å². The van der Waals surface area contributed by atoms with Crippen molar-refractivity contribution in [3.8, 4) is 0 Å². The lowest BCUT2D eigenvalue weighted by Gasteiger charge is -2.07. The lowest BCUT2D eigenvalue weighted by molar-refractivity contribution is 0.664. The molecule has 2 rings (SSSR count). The summed E-state index contributed by atoms with van der Waals surface area (Å²) in [6.07, 6.45) is 2.24. The molecule has 0 saturated heterocycles. The van der Waals surface area contributed by atoms with Gasteiger partial charge in [0.25, 0.3) is 0 Å². The molecular formula is C14H20N2S. The monoisotopic (exact) mass is 248 g/mol. The fourth-order valence-corrected chi connectivity index (χ4v) is 2.74. The van der Waals surface area contributed by atoms with E-state index in [0.29, 0.717) is 0 Å². The van der Waals surface area contributed by atoms with E-state index in [1.165, 1.54) is 29.3 Å². The van der Waals surface area contributed by atoms with Gasteiger partial charge in [0, 0.05) is 13.0 Å². The molecule has 0 aliphatic heterocycles. The van der Waals surface area contributed by atoms with E-state index in [-0.39, 0.29) is 0 Å². The van der Waals surface area contributed by atoms with E-state index in [2.05, 4.69) is 47.7 Å². The number of hydrogen-bond acceptors (Lipinski definition) is 2. The van der Waals surface area contributed by atoms with Gasteiger partial charge in [0.2, 0.25) is 0 Å². The Balaban J connectivity index is 2.18. The topological polar surface area (TPSA) is 17.8 Å². The van der Waals surface area contributed by atoms with Crippen LogP contribution in [0.3, 0.4) is 0 Å². The molecule has 0 N–H and O–H groups in total. The van der Waals surface area contributed by atoms with Crippen LogP contribution >= 0.6 is 11.8 Å². The molecule has 2 aromatic rings. The molecule has 0 aliphatic carbocycles. The van der Waals surface area contributed by atoms with E-state index in [4.69, 9.17) is 0 Å². The average Bonchev–Trinajstić information content (AvgIpc) is 2.73. The minimum atomic E-state index is 1.01. The largest absolute Gasteiger partial charge is 0.328 e. The number of imidazole rings is 1. The van der Waals surface area contributed by atoms with Crippen molar-refractivity contribution in [2.75, 3.05) is 11.5 Å². The van der Waals surface area contributed by atoms with Crippen LogP contribution in [0, 0.1) is 0 Å². The zero-order chi connectivity index (χ0) is 12.1. The van der Waals surface area contributed by atoms with Gasteiger partial charge in [0.15, 0.2) is 0 Å². The zero-order valence-corrected chi connectivity index (χ0v) is 11.5. The quantitative estimate of drug-likeness (QED) is 0.725. The third-order valence-electron chi connectivity index (χ3n) is 2.92. The van der Waals surface area contributed by atoms with Gasteiger partial charge in [-0.25, -0.2) is 4.98 Å². The molecule has 0 radical (unpaired) electrons. The summed E-state index contributed by atoms with van der Waals surface area (Å²) in [7, 11) is 0. The molecule has 0 amide bonds. The smallest absolute Gasteiger partial charge is 0.109 e. The number of thioether (sulfide) groups is 1. The molecule has 92 valence electrons. The van der Waals surface area contributed by atoms with Gasteiger partial charge in [-0.1, -0.05) is 26.0 Å². The van der Waals surface area contributed by atoms with Gasteiger partial charge in [-0.3, -0.25) is 0 Å². The predicted octanol–water partition coefficient (Wildman–Crippen LogP) is 3.74. The molecule has 17 heavy (non-hydrogen) atoms. The SMILES string of the molecule is CCSCCCn1c(CC)nc2ccccc21. The van der Waals surface area contributed by atoms with Gasteiger partial charge in [-0.05, 0) is 30.1 Å². The predicted molar refractivity (Wildman–Crippen MR) is 76.7 cm³/mol. The normalized spacial score (nSPS) is 11.2. The lowest BCUT2D eigenvalue weighted by atomic mass is 10.3. The van der Waals surface area contributed by atoms with Crippen LogP contribution < -0.4 is 0 Å². The first-order valence-corrected chi connectivity index (χ1v) is 7.54. The summed E-state index contributed by atoms with van der Waals surface area (Å²) in [6.45, 7) is 5.49. The van der Waals surface area contributed by atoms with E-state index >= 15 is 0 Å². The first-order chi connectivity index (χ1) is 8.36. The maximum atomic E-state index is 4.69. The van der Waals surface area contributed by atoms with Crippen molar-refractivity contribution >= 4 is 22.8 Å². The Labute approximate surface area is 107 Å². The molecule has 0 atom stereocenters. The summed E-state index contributed by atoms with van der Waals surface area (Å²) in [5.74, 6) is 3.67. The molecule has 1 aromatic carbocycles. The number of hydrogen-bond donors (Lipinski definition) is 0. The molecule has 0 spiro atoms. The molecule has 0 bridgehead atoms. The van der Waals surface area contributed by atoms with Crippen molar-refractivity contribution in [3.05, 3.63) is 30.1 Å². The molecule has 0 aliphatic rings. The third kappa shape index (κ3) is 2.83. The van der Waals surface area contributed by atoms with E-state index in [0.717, 1.165) is 18.5 Å². The number of nitrogens with zero attached hydrogens (tertiary/aromatic N) is 2. The number of para-hydroxylation sites is 2. The highest BCUT2D eigenvalue weighted by Gasteiger charge is 2.07. The number of aromatic nitrogens is 2. The summed E-state index contributed by atoms with van der Waals surface area (Å²) >= 11 is 2.02. The van der Waals surface area contributed by atoms with Crippen LogP contribution in [-0.4, -0.2) is 21.1 Å². The molecule has 3 heteroatoms. The third-order valence-corrected chi connectivity index (χ3v) is 3.91. The molecule has 0 unspecified atom stereocenters. The number of rotatable bonds is 6. The van der Waals surface area contributed by atoms with Crippen LogP contribution in [0.5, 0.6) is 0 Å². The maximum absolute atomic E-state index is 4.69. The number of benzene rings is 1. The van der Waals surface area contributed by atoms with Crippen molar-refractivity contribution in [1.29, 1.82) is 0 Å².